The van der Waals surface area contributed by atoms with Crippen LogP contribution in [0.2, 0.25) is 0 Å². The molecular weight excluding hydrogens is 475 g/mol. The summed E-state index contributed by atoms with van der Waals surface area (Å²) in [5, 5.41) is 2.92. The van der Waals surface area contributed by atoms with Crippen LogP contribution in [0.4, 0.5) is 5.69 Å². The Kier molecular flexibility index (Phi) is 5.67. The molecule has 1 aromatic heterocycles. The van der Waals surface area contributed by atoms with Gasteiger partial charge in [-0.05, 0) is 95.1 Å². The number of nitrogens with zero attached hydrogens (tertiary/aromatic N) is 1. The number of oxazole rings is 1. The van der Waals surface area contributed by atoms with E-state index in [4.69, 9.17) is 4.42 Å². The number of carbonyl (C=O) groups excluding carboxylic acids is 1. The normalized spacial score (nSPS) is 12.1. The Hall–Kier alpha value is -2.67. The number of halogens is 1. The topological polar surface area (TPSA) is 55.1 Å². The van der Waals surface area contributed by atoms with Crippen molar-refractivity contribution >= 4 is 45.3 Å². The molecule has 1 atom stereocenters. The molecule has 1 heterocycles. The van der Waals surface area contributed by atoms with Gasteiger partial charge >= 0.3 is 0 Å². The molecule has 5 heteroatoms. The summed E-state index contributed by atoms with van der Waals surface area (Å²) >= 11 is 2.20. The SMILES string of the molecule is CC[C@H](C)c1ccc2oc(-c3ccc(NC(=O)c4cccc(I)c4)cc3)nc2c1. The molecule has 0 aliphatic rings. The van der Waals surface area contributed by atoms with Gasteiger partial charge in [-0.3, -0.25) is 4.79 Å². The van der Waals surface area contributed by atoms with Crippen molar-refractivity contribution in [1.82, 2.24) is 4.98 Å². The highest BCUT2D eigenvalue weighted by molar-refractivity contribution is 14.1. The van der Waals surface area contributed by atoms with Crippen molar-refractivity contribution in [3.63, 3.8) is 0 Å². The molecule has 0 saturated carbocycles. The van der Waals surface area contributed by atoms with Crippen LogP contribution in [0.3, 0.4) is 0 Å². The van der Waals surface area contributed by atoms with Crippen LogP contribution in [0.15, 0.2) is 71.1 Å². The summed E-state index contributed by atoms with van der Waals surface area (Å²) in [6, 6.07) is 21.2. The van der Waals surface area contributed by atoms with E-state index in [1.54, 1.807) is 6.07 Å². The molecule has 4 nitrogen and oxygen atoms in total. The number of carbonyl (C=O) groups is 1. The van der Waals surface area contributed by atoms with Crippen molar-refractivity contribution in [1.29, 1.82) is 0 Å². The summed E-state index contributed by atoms with van der Waals surface area (Å²) in [6.45, 7) is 4.40. The lowest BCUT2D eigenvalue weighted by molar-refractivity contribution is 0.102. The summed E-state index contributed by atoms with van der Waals surface area (Å²) in [6.07, 6.45) is 1.09. The fraction of sp³-hybridized carbons (Fsp3) is 0.167. The molecule has 4 rings (SSSR count). The molecule has 0 radical (unpaired) electrons. The molecule has 1 amide bonds. The van der Waals surface area contributed by atoms with Crippen LogP contribution < -0.4 is 5.32 Å². The number of anilines is 1. The minimum absolute atomic E-state index is 0.129. The van der Waals surface area contributed by atoms with Crippen molar-refractivity contribution in [2.24, 2.45) is 0 Å². The monoisotopic (exact) mass is 496 g/mol. The van der Waals surface area contributed by atoms with E-state index in [0.29, 0.717) is 17.4 Å². The maximum Gasteiger partial charge on any atom is 0.255 e. The average Bonchev–Trinajstić information content (AvgIpc) is 3.17. The van der Waals surface area contributed by atoms with Crippen LogP contribution in [0.5, 0.6) is 0 Å². The van der Waals surface area contributed by atoms with Crippen molar-refractivity contribution in [2.45, 2.75) is 26.2 Å². The zero-order valence-electron chi connectivity index (χ0n) is 16.3. The number of rotatable bonds is 5. The lowest BCUT2D eigenvalue weighted by Crippen LogP contribution is -2.11. The molecule has 0 spiro atoms. The maximum absolute atomic E-state index is 12.4. The highest BCUT2D eigenvalue weighted by atomic mass is 127. The Balaban J connectivity index is 1.53. The van der Waals surface area contributed by atoms with Gasteiger partial charge in [-0.2, -0.15) is 0 Å². The molecule has 0 aliphatic heterocycles. The number of nitrogens with one attached hydrogen (secondary N) is 1. The number of amides is 1. The van der Waals surface area contributed by atoms with Gasteiger partial charge in [0.25, 0.3) is 5.91 Å². The molecule has 29 heavy (non-hydrogen) atoms. The van der Waals surface area contributed by atoms with E-state index in [-0.39, 0.29) is 5.91 Å². The zero-order valence-corrected chi connectivity index (χ0v) is 18.4. The van der Waals surface area contributed by atoms with Crippen LogP contribution in [0.1, 0.15) is 42.1 Å². The Morgan fingerprint density at radius 2 is 1.90 bits per heavy atom. The first-order valence-electron chi connectivity index (χ1n) is 9.61. The first-order valence-corrected chi connectivity index (χ1v) is 10.7. The maximum atomic E-state index is 12.4. The Bertz CT molecular complexity index is 1170. The van der Waals surface area contributed by atoms with E-state index >= 15 is 0 Å². The number of aromatic nitrogens is 1. The van der Waals surface area contributed by atoms with Gasteiger partial charge in [-0.1, -0.05) is 26.0 Å². The third kappa shape index (κ3) is 4.34. The van der Waals surface area contributed by atoms with Gasteiger partial charge < -0.3 is 9.73 Å². The number of hydrogen-bond donors (Lipinski definition) is 1. The predicted molar refractivity (Wildman–Crippen MR) is 125 cm³/mol. The first kappa shape index (κ1) is 19.6. The molecule has 0 aliphatic carbocycles. The Morgan fingerprint density at radius 3 is 2.62 bits per heavy atom. The minimum Gasteiger partial charge on any atom is -0.436 e. The quantitative estimate of drug-likeness (QED) is 0.307. The van der Waals surface area contributed by atoms with E-state index in [1.807, 2.05) is 48.5 Å². The predicted octanol–water partition coefficient (Wildman–Crippen LogP) is 6.87. The standard InChI is InChI=1S/C24H21IN2O2/c1-3-15(2)17-9-12-22-21(14-17)27-24(29-22)16-7-10-20(11-8-16)26-23(28)18-5-4-6-19(25)13-18/h4-15H,3H2,1-2H3,(H,26,28)/t15-/m0/s1. The second kappa shape index (κ2) is 8.37. The van der Waals surface area contributed by atoms with Crippen LogP contribution in [-0.2, 0) is 0 Å². The van der Waals surface area contributed by atoms with Crippen molar-refractivity contribution < 1.29 is 9.21 Å². The van der Waals surface area contributed by atoms with Crippen LogP contribution in [0.25, 0.3) is 22.6 Å². The van der Waals surface area contributed by atoms with E-state index in [1.165, 1.54) is 5.56 Å². The lowest BCUT2D eigenvalue weighted by Gasteiger charge is -2.07. The van der Waals surface area contributed by atoms with Gasteiger partial charge in [-0.15, -0.1) is 0 Å². The molecular formula is C24H21IN2O2. The summed E-state index contributed by atoms with van der Waals surface area (Å²) in [4.78, 5) is 17.1. The molecule has 0 saturated heterocycles. The number of benzene rings is 3. The highest BCUT2D eigenvalue weighted by Crippen LogP contribution is 2.28. The molecule has 146 valence electrons. The van der Waals surface area contributed by atoms with Crippen LogP contribution in [-0.4, -0.2) is 10.9 Å². The molecule has 0 fully saturated rings. The van der Waals surface area contributed by atoms with E-state index in [9.17, 15) is 4.79 Å². The van der Waals surface area contributed by atoms with Gasteiger partial charge in [0.2, 0.25) is 5.89 Å². The minimum atomic E-state index is -0.129. The van der Waals surface area contributed by atoms with Crippen LogP contribution >= 0.6 is 22.6 Å². The molecule has 1 N–H and O–H groups in total. The fourth-order valence-electron chi connectivity index (χ4n) is 3.14. The smallest absolute Gasteiger partial charge is 0.255 e. The van der Waals surface area contributed by atoms with Gasteiger partial charge in [0.1, 0.15) is 5.52 Å². The summed E-state index contributed by atoms with van der Waals surface area (Å²) in [5.74, 6) is 0.947. The second-order valence-corrected chi connectivity index (χ2v) is 8.34. The van der Waals surface area contributed by atoms with E-state index in [2.05, 4.69) is 58.9 Å². The molecule has 4 aromatic rings. The third-order valence-electron chi connectivity index (χ3n) is 5.07. The zero-order chi connectivity index (χ0) is 20.4. The molecule has 0 bridgehead atoms. The van der Waals surface area contributed by atoms with E-state index < -0.39 is 0 Å². The van der Waals surface area contributed by atoms with Gasteiger partial charge in [-0.25, -0.2) is 4.98 Å². The first-order chi connectivity index (χ1) is 14.0. The Labute approximate surface area is 183 Å². The number of fused-ring (bicyclic) bond motifs is 1. The Morgan fingerprint density at radius 1 is 1.10 bits per heavy atom. The second-order valence-electron chi connectivity index (χ2n) is 7.10. The van der Waals surface area contributed by atoms with Gasteiger partial charge in [0.05, 0.1) is 0 Å². The largest absolute Gasteiger partial charge is 0.436 e. The van der Waals surface area contributed by atoms with Crippen molar-refractivity contribution in [3.05, 3.63) is 81.4 Å². The van der Waals surface area contributed by atoms with Crippen molar-refractivity contribution in [3.8, 4) is 11.5 Å². The average molecular weight is 496 g/mol. The summed E-state index contributed by atoms with van der Waals surface area (Å²) < 4.78 is 6.95. The number of hydrogen-bond acceptors (Lipinski definition) is 3. The lowest BCUT2D eigenvalue weighted by atomic mass is 9.98. The molecule has 0 unspecified atom stereocenters. The highest BCUT2D eigenvalue weighted by Gasteiger charge is 2.12. The van der Waals surface area contributed by atoms with Gasteiger partial charge in [0, 0.05) is 20.4 Å². The van der Waals surface area contributed by atoms with Crippen molar-refractivity contribution in [2.75, 3.05) is 5.32 Å². The van der Waals surface area contributed by atoms with E-state index in [0.717, 1.165) is 32.3 Å². The summed E-state index contributed by atoms with van der Waals surface area (Å²) in [5.41, 5.74) is 5.16. The summed E-state index contributed by atoms with van der Waals surface area (Å²) in [7, 11) is 0. The van der Waals surface area contributed by atoms with Crippen LogP contribution in [0, 0.1) is 3.57 Å². The van der Waals surface area contributed by atoms with Gasteiger partial charge in [0.15, 0.2) is 5.58 Å². The molecule has 3 aromatic carbocycles. The third-order valence-corrected chi connectivity index (χ3v) is 5.74. The fourth-order valence-corrected chi connectivity index (χ4v) is 3.68.